The molecule has 0 saturated carbocycles. The van der Waals surface area contributed by atoms with Gasteiger partial charge in [-0.25, -0.2) is 0 Å². The number of hydrogen-bond acceptors (Lipinski definition) is 2. The maximum atomic E-state index is 4.34. The summed E-state index contributed by atoms with van der Waals surface area (Å²) in [7, 11) is 0. The molecule has 2 heterocycles. The Kier molecular flexibility index (Phi) is 2.11. The number of aryl methyl sites for hydroxylation is 1. The van der Waals surface area contributed by atoms with Crippen LogP contribution in [0, 0.1) is 6.92 Å². The molecule has 1 aromatic rings. The van der Waals surface area contributed by atoms with Crippen LogP contribution in [-0.2, 0) is 13.1 Å². The van der Waals surface area contributed by atoms with Gasteiger partial charge in [0.1, 0.15) is 0 Å². The van der Waals surface area contributed by atoms with Crippen LogP contribution in [0.5, 0.6) is 0 Å². The van der Waals surface area contributed by atoms with Crippen molar-refractivity contribution >= 4 is 0 Å². The largest absolute Gasteiger partial charge is 0.290 e. The standard InChI is InChI=1S/C12H18N2/c1-9-11-8-14(12(2,3)4)7-10(11)5-6-13-9/h5-6H,7-8H2,1-4H3. The maximum Gasteiger partial charge on any atom is 0.0420 e. The Bertz CT molecular complexity index is 350. The Morgan fingerprint density at radius 1 is 1.29 bits per heavy atom. The summed E-state index contributed by atoms with van der Waals surface area (Å²) in [5.41, 5.74) is 4.33. The van der Waals surface area contributed by atoms with Gasteiger partial charge in [-0.2, -0.15) is 0 Å². The van der Waals surface area contributed by atoms with E-state index in [-0.39, 0.29) is 5.54 Å². The zero-order valence-electron chi connectivity index (χ0n) is 9.46. The lowest BCUT2D eigenvalue weighted by Gasteiger charge is -2.31. The molecular weight excluding hydrogens is 172 g/mol. The summed E-state index contributed by atoms with van der Waals surface area (Å²) in [6, 6.07) is 2.15. The third-order valence-corrected chi connectivity index (χ3v) is 3.03. The molecule has 0 atom stereocenters. The van der Waals surface area contributed by atoms with Gasteiger partial charge in [-0.15, -0.1) is 0 Å². The van der Waals surface area contributed by atoms with E-state index < -0.39 is 0 Å². The van der Waals surface area contributed by atoms with Crippen molar-refractivity contribution in [3.8, 4) is 0 Å². The smallest absolute Gasteiger partial charge is 0.0420 e. The van der Waals surface area contributed by atoms with Crippen LogP contribution in [0.2, 0.25) is 0 Å². The normalized spacial score (nSPS) is 17.1. The zero-order valence-corrected chi connectivity index (χ0v) is 9.46. The van der Waals surface area contributed by atoms with Gasteiger partial charge in [-0.3, -0.25) is 9.88 Å². The Labute approximate surface area is 86.0 Å². The predicted molar refractivity (Wildman–Crippen MR) is 58.0 cm³/mol. The molecule has 0 saturated heterocycles. The van der Waals surface area contributed by atoms with Crippen molar-refractivity contribution in [1.29, 1.82) is 0 Å². The van der Waals surface area contributed by atoms with Crippen molar-refractivity contribution in [3.63, 3.8) is 0 Å². The lowest BCUT2D eigenvalue weighted by atomic mass is 10.1. The van der Waals surface area contributed by atoms with Gasteiger partial charge in [0.25, 0.3) is 0 Å². The maximum absolute atomic E-state index is 4.34. The van der Waals surface area contributed by atoms with Crippen LogP contribution >= 0.6 is 0 Å². The lowest BCUT2D eigenvalue weighted by Crippen LogP contribution is -2.36. The first kappa shape index (κ1) is 9.66. The van der Waals surface area contributed by atoms with Crippen molar-refractivity contribution in [2.45, 2.75) is 46.3 Å². The Morgan fingerprint density at radius 3 is 2.57 bits per heavy atom. The summed E-state index contributed by atoms with van der Waals surface area (Å²) < 4.78 is 0. The van der Waals surface area contributed by atoms with Gasteiger partial charge in [0.15, 0.2) is 0 Å². The van der Waals surface area contributed by atoms with E-state index in [0.29, 0.717) is 0 Å². The summed E-state index contributed by atoms with van der Waals surface area (Å²) in [6.07, 6.45) is 1.92. The van der Waals surface area contributed by atoms with Crippen LogP contribution in [-0.4, -0.2) is 15.4 Å². The van der Waals surface area contributed by atoms with Crippen molar-refractivity contribution < 1.29 is 0 Å². The SMILES string of the molecule is Cc1nccc2c1CN(C(C)(C)C)C2. The number of aromatic nitrogens is 1. The molecule has 0 spiro atoms. The fourth-order valence-corrected chi connectivity index (χ4v) is 1.94. The monoisotopic (exact) mass is 190 g/mol. The Morgan fingerprint density at radius 2 is 2.00 bits per heavy atom. The van der Waals surface area contributed by atoms with E-state index in [1.807, 2.05) is 6.20 Å². The first-order valence-corrected chi connectivity index (χ1v) is 5.17. The highest BCUT2D eigenvalue weighted by molar-refractivity contribution is 5.32. The van der Waals surface area contributed by atoms with Crippen molar-refractivity contribution in [2.24, 2.45) is 0 Å². The van der Waals surface area contributed by atoms with Crippen LogP contribution in [0.1, 0.15) is 37.6 Å². The number of fused-ring (bicyclic) bond motifs is 1. The van der Waals surface area contributed by atoms with Crippen LogP contribution < -0.4 is 0 Å². The van der Waals surface area contributed by atoms with Gasteiger partial charge in [0, 0.05) is 30.5 Å². The van der Waals surface area contributed by atoms with Crippen LogP contribution in [0.15, 0.2) is 12.3 Å². The highest BCUT2D eigenvalue weighted by atomic mass is 15.2. The average molecular weight is 190 g/mol. The molecule has 1 aromatic heterocycles. The minimum Gasteiger partial charge on any atom is -0.290 e. The fraction of sp³-hybridized carbons (Fsp3) is 0.583. The second-order valence-electron chi connectivity index (χ2n) is 5.06. The molecule has 2 heteroatoms. The predicted octanol–water partition coefficient (Wildman–Crippen LogP) is 2.50. The fourth-order valence-electron chi connectivity index (χ4n) is 1.94. The summed E-state index contributed by atoms with van der Waals surface area (Å²) in [4.78, 5) is 6.83. The molecule has 1 aliphatic heterocycles. The topological polar surface area (TPSA) is 16.1 Å². The molecule has 14 heavy (non-hydrogen) atoms. The zero-order chi connectivity index (χ0) is 10.3. The highest BCUT2D eigenvalue weighted by Crippen LogP contribution is 2.29. The lowest BCUT2D eigenvalue weighted by molar-refractivity contribution is 0.136. The number of pyridine rings is 1. The first-order valence-electron chi connectivity index (χ1n) is 5.17. The number of nitrogens with zero attached hydrogens (tertiary/aromatic N) is 2. The van der Waals surface area contributed by atoms with Gasteiger partial charge in [0.05, 0.1) is 0 Å². The number of rotatable bonds is 0. The first-order chi connectivity index (χ1) is 6.48. The summed E-state index contributed by atoms with van der Waals surface area (Å²) in [5, 5.41) is 0. The van der Waals surface area contributed by atoms with Gasteiger partial charge < -0.3 is 0 Å². The van der Waals surface area contributed by atoms with Crippen molar-refractivity contribution in [2.75, 3.05) is 0 Å². The molecule has 0 N–H and O–H groups in total. The van der Waals surface area contributed by atoms with Crippen LogP contribution in [0.25, 0.3) is 0 Å². The molecule has 0 unspecified atom stereocenters. The average Bonchev–Trinajstić information content (AvgIpc) is 2.48. The molecule has 1 aliphatic rings. The van der Waals surface area contributed by atoms with Gasteiger partial charge in [-0.05, 0) is 44.9 Å². The van der Waals surface area contributed by atoms with Gasteiger partial charge >= 0.3 is 0 Å². The van der Waals surface area contributed by atoms with Gasteiger partial charge in [-0.1, -0.05) is 0 Å². The molecule has 0 aromatic carbocycles. The third-order valence-electron chi connectivity index (χ3n) is 3.03. The molecule has 0 radical (unpaired) electrons. The van der Waals surface area contributed by atoms with E-state index in [2.05, 4.69) is 43.6 Å². The minimum atomic E-state index is 0.255. The molecule has 0 bridgehead atoms. The molecule has 2 rings (SSSR count). The summed E-state index contributed by atoms with van der Waals surface area (Å²) in [6.45, 7) is 11.0. The van der Waals surface area contributed by atoms with E-state index >= 15 is 0 Å². The van der Waals surface area contributed by atoms with E-state index in [1.54, 1.807) is 0 Å². The van der Waals surface area contributed by atoms with E-state index in [1.165, 1.54) is 16.8 Å². The second kappa shape index (κ2) is 3.06. The highest BCUT2D eigenvalue weighted by Gasteiger charge is 2.28. The third kappa shape index (κ3) is 1.55. The molecular formula is C12H18N2. The van der Waals surface area contributed by atoms with Crippen LogP contribution in [0.3, 0.4) is 0 Å². The molecule has 0 amide bonds. The quantitative estimate of drug-likeness (QED) is 0.625. The molecule has 2 nitrogen and oxygen atoms in total. The van der Waals surface area contributed by atoms with Gasteiger partial charge in [0.2, 0.25) is 0 Å². The van der Waals surface area contributed by atoms with E-state index in [4.69, 9.17) is 0 Å². The van der Waals surface area contributed by atoms with Crippen molar-refractivity contribution in [1.82, 2.24) is 9.88 Å². The minimum absolute atomic E-state index is 0.255. The molecule has 0 fully saturated rings. The Balaban J connectivity index is 2.31. The van der Waals surface area contributed by atoms with Crippen LogP contribution in [0.4, 0.5) is 0 Å². The second-order valence-corrected chi connectivity index (χ2v) is 5.06. The number of hydrogen-bond donors (Lipinski definition) is 0. The van der Waals surface area contributed by atoms with E-state index in [0.717, 1.165) is 13.1 Å². The Hall–Kier alpha value is -0.890. The summed E-state index contributed by atoms with van der Waals surface area (Å²) >= 11 is 0. The molecule has 0 aliphatic carbocycles. The van der Waals surface area contributed by atoms with Crippen molar-refractivity contribution in [3.05, 3.63) is 29.1 Å². The van der Waals surface area contributed by atoms with E-state index in [9.17, 15) is 0 Å². The molecule has 76 valence electrons. The summed E-state index contributed by atoms with van der Waals surface area (Å²) in [5.74, 6) is 0.